The van der Waals surface area contributed by atoms with Crippen molar-refractivity contribution in [1.29, 1.82) is 0 Å². The molecule has 0 amide bonds. The number of halogens is 3. The van der Waals surface area contributed by atoms with Gasteiger partial charge in [0.2, 0.25) is 5.89 Å². The number of aryl methyl sites for hydroxylation is 1. The molecule has 0 aliphatic rings. The Bertz CT molecular complexity index is 505. The SMILES string of the molecule is Cc1cnc(-c2ccncc2C(F)(F)F)o1. The predicted molar refractivity (Wildman–Crippen MR) is 49.5 cm³/mol. The van der Waals surface area contributed by atoms with Gasteiger partial charge in [-0.05, 0) is 13.0 Å². The van der Waals surface area contributed by atoms with Crippen LogP contribution in [0.15, 0.2) is 29.1 Å². The highest BCUT2D eigenvalue weighted by atomic mass is 19.4. The van der Waals surface area contributed by atoms with E-state index in [1.165, 1.54) is 18.5 Å². The van der Waals surface area contributed by atoms with Crippen molar-refractivity contribution in [2.45, 2.75) is 13.1 Å². The average molecular weight is 228 g/mol. The van der Waals surface area contributed by atoms with Crippen LogP contribution in [0, 0.1) is 6.92 Å². The normalized spacial score (nSPS) is 11.8. The van der Waals surface area contributed by atoms with E-state index >= 15 is 0 Å². The Labute approximate surface area is 88.9 Å². The zero-order chi connectivity index (χ0) is 11.8. The minimum atomic E-state index is -4.47. The largest absolute Gasteiger partial charge is 0.441 e. The Morgan fingerprint density at radius 2 is 2.00 bits per heavy atom. The minimum absolute atomic E-state index is 0.0489. The third kappa shape index (κ3) is 1.91. The Morgan fingerprint density at radius 3 is 2.56 bits per heavy atom. The van der Waals surface area contributed by atoms with Gasteiger partial charge in [0.1, 0.15) is 5.76 Å². The summed E-state index contributed by atoms with van der Waals surface area (Å²) in [5.74, 6) is 0.409. The quantitative estimate of drug-likeness (QED) is 0.752. The highest BCUT2D eigenvalue weighted by Crippen LogP contribution is 2.35. The number of pyridine rings is 1. The van der Waals surface area contributed by atoms with E-state index in [1.54, 1.807) is 6.92 Å². The summed E-state index contributed by atoms with van der Waals surface area (Å²) in [5, 5.41) is 0. The van der Waals surface area contributed by atoms with Gasteiger partial charge in [-0.15, -0.1) is 0 Å². The fourth-order valence-corrected chi connectivity index (χ4v) is 1.29. The van der Waals surface area contributed by atoms with E-state index in [1.807, 2.05) is 0 Å². The molecule has 0 saturated carbocycles. The monoisotopic (exact) mass is 228 g/mol. The van der Waals surface area contributed by atoms with Gasteiger partial charge in [0.05, 0.1) is 17.3 Å². The molecule has 2 aromatic rings. The van der Waals surface area contributed by atoms with Gasteiger partial charge in [-0.25, -0.2) is 4.98 Å². The molecule has 6 heteroatoms. The third-order valence-corrected chi connectivity index (χ3v) is 1.98. The van der Waals surface area contributed by atoms with Crippen molar-refractivity contribution in [3.63, 3.8) is 0 Å². The maximum absolute atomic E-state index is 12.6. The number of oxazole rings is 1. The lowest BCUT2D eigenvalue weighted by Crippen LogP contribution is -2.07. The van der Waals surface area contributed by atoms with Crippen molar-refractivity contribution < 1.29 is 17.6 Å². The first-order valence-corrected chi connectivity index (χ1v) is 4.42. The van der Waals surface area contributed by atoms with E-state index in [2.05, 4.69) is 9.97 Å². The molecule has 0 unspecified atom stereocenters. The summed E-state index contributed by atoms with van der Waals surface area (Å²) < 4.78 is 43.0. The second-order valence-corrected chi connectivity index (χ2v) is 3.20. The predicted octanol–water partition coefficient (Wildman–Crippen LogP) is 3.06. The molecule has 0 aliphatic carbocycles. The summed E-state index contributed by atoms with van der Waals surface area (Å²) in [6.45, 7) is 1.62. The van der Waals surface area contributed by atoms with Crippen molar-refractivity contribution in [2.75, 3.05) is 0 Å². The van der Waals surface area contributed by atoms with Crippen molar-refractivity contribution in [3.05, 3.63) is 36.0 Å². The van der Waals surface area contributed by atoms with E-state index in [0.717, 1.165) is 6.20 Å². The average Bonchev–Trinajstić information content (AvgIpc) is 2.64. The van der Waals surface area contributed by atoms with Crippen LogP contribution in [0.3, 0.4) is 0 Å². The zero-order valence-electron chi connectivity index (χ0n) is 8.25. The van der Waals surface area contributed by atoms with E-state index in [0.29, 0.717) is 5.76 Å². The first-order valence-electron chi connectivity index (χ1n) is 4.42. The molecule has 0 N–H and O–H groups in total. The first-order chi connectivity index (χ1) is 7.48. The fourth-order valence-electron chi connectivity index (χ4n) is 1.29. The number of aromatic nitrogens is 2. The molecule has 2 rings (SSSR count). The molecule has 2 heterocycles. The maximum Gasteiger partial charge on any atom is 0.418 e. The van der Waals surface area contributed by atoms with E-state index in [9.17, 15) is 13.2 Å². The lowest BCUT2D eigenvalue weighted by atomic mass is 10.1. The van der Waals surface area contributed by atoms with Gasteiger partial charge in [0.15, 0.2) is 0 Å². The summed E-state index contributed by atoms with van der Waals surface area (Å²) >= 11 is 0. The number of hydrogen-bond donors (Lipinski definition) is 0. The molecule has 0 aliphatic heterocycles. The minimum Gasteiger partial charge on any atom is -0.441 e. The Morgan fingerprint density at radius 1 is 1.25 bits per heavy atom. The molecule has 0 spiro atoms. The molecular weight excluding hydrogens is 221 g/mol. The summed E-state index contributed by atoms with van der Waals surface area (Å²) in [7, 11) is 0. The molecule has 0 radical (unpaired) electrons. The van der Waals surface area contributed by atoms with Crippen molar-refractivity contribution in [2.24, 2.45) is 0 Å². The molecular formula is C10H7F3N2O. The van der Waals surface area contributed by atoms with Crippen LogP contribution >= 0.6 is 0 Å². The van der Waals surface area contributed by atoms with Gasteiger partial charge in [0, 0.05) is 12.4 Å². The molecule has 0 fully saturated rings. The Balaban J connectivity index is 2.57. The van der Waals surface area contributed by atoms with Gasteiger partial charge in [-0.3, -0.25) is 4.98 Å². The topological polar surface area (TPSA) is 38.9 Å². The Kier molecular flexibility index (Phi) is 2.41. The fraction of sp³-hybridized carbons (Fsp3) is 0.200. The lowest BCUT2D eigenvalue weighted by molar-refractivity contribution is -0.137. The molecule has 84 valence electrons. The molecule has 0 aromatic carbocycles. The van der Waals surface area contributed by atoms with Crippen LogP contribution in [-0.2, 0) is 6.18 Å². The van der Waals surface area contributed by atoms with Crippen LogP contribution in [0.4, 0.5) is 13.2 Å². The molecule has 0 saturated heterocycles. The van der Waals surface area contributed by atoms with Crippen molar-refractivity contribution in [1.82, 2.24) is 9.97 Å². The van der Waals surface area contributed by atoms with Crippen LogP contribution in [0.25, 0.3) is 11.5 Å². The zero-order valence-corrected chi connectivity index (χ0v) is 8.25. The van der Waals surface area contributed by atoms with Crippen molar-refractivity contribution >= 4 is 0 Å². The molecule has 0 atom stereocenters. The Hall–Kier alpha value is -1.85. The summed E-state index contributed by atoms with van der Waals surface area (Å²) in [4.78, 5) is 7.22. The van der Waals surface area contributed by atoms with Crippen LogP contribution in [0.2, 0.25) is 0 Å². The maximum atomic E-state index is 12.6. The van der Waals surface area contributed by atoms with E-state index in [4.69, 9.17) is 4.42 Å². The standard InChI is InChI=1S/C10H7F3N2O/c1-6-4-15-9(16-6)7-2-3-14-5-8(7)10(11,12)13/h2-5H,1H3. The molecule has 2 aromatic heterocycles. The second kappa shape index (κ2) is 3.62. The summed E-state index contributed by atoms with van der Waals surface area (Å²) in [5.41, 5.74) is -0.951. The van der Waals surface area contributed by atoms with Gasteiger partial charge in [-0.2, -0.15) is 13.2 Å². The smallest absolute Gasteiger partial charge is 0.418 e. The number of nitrogens with zero attached hydrogens (tertiary/aromatic N) is 2. The third-order valence-electron chi connectivity index (χ3n) is 1.98. The number of rotatable bonds is 1. The molecule has 3 nitrogen and oxygen atoms in total. The first kappa shape index (κ1) is 10.7. The molecule has 0 bridgehead atoms. The number of hydrogen-bond acceptors (Lipinski definition) is 3. The highest BCUT2D eigenvalue weighted by molar-refractivity contribution is 5.58. The van der Waals surface area contributed by atoms with Crippen LogP contribution < -0.4 is 0 Å². The lowest BCUT2D eigenvalue weighted by Gasteiger charge is -2.09. The van der Waals surface area contributed by atoms with Gasteiger partial charge in [-0.1, -0.05) is 0 Å². The summed E-state index contributed by atoms with van der Waals surface area (Å²) in [6.07, 6.45) is -1.07. The van der Waals surface area contributed by atoms with Crippen LogP contribution in [0.1, 0.15) is 11.3 Å². The van der Waals surface area contributed by atoms with Gasteiger partial charge < -0.3 is 4.42 Å². The second-order valence-electron chi connectivity index (χ2n) is 3.20. The highest BCUT2D eigenvalue weighted by Gasteiger charge is 2.35. The number of alkyl halides is 3. The van der Waals surface area contributed by atoms with Gasteiger partial charge in [0.25, 0.3) is 0 Å². The summed E-state index contributed by atoms with van der Waals surface area (Å²) in [6, 6.07) is 1.23. The van der Waals surface area contributed by atoms with Gasteiger partial charge >= 0.3 is 6.18 Å². The van der Waals surface area contributed by atoms with Crippen LogP contribution in [0.5, 0.6) is 0 Å². The van der Waals surface area contributed by atoms with E-state index in [-0.39, 0.29) is 11.5 Å². The van der Waals surface area contributed by atoms with E-state index < -0.39 is 11.7 Å². The van der Waals surface area contributed by atoms with Crippen molar-refractivity contribution in [3.8, 4) is 11.5 Å². The van der Waals surface area contributed by atoms with Crippen LogP contribution in [-0.4, -0.2) is 9.97 Å². The molecule has 16 heavy (non-hydrogen) atoms.